The van der Waals surface area contributed by atoms with E-state index in [0.717, 1.165) is 12.2 Å². The second kappa shape index (κ2) is 3.50. The van der Waals surface area contributed by atoms with Gasteiger partial charge in [0, 0.05) is 31.9 Å². The number of H-pyrrole nitrogens is 1. The van der Waals surface area contributed by atoms with Crippen molar-refractivity contribution in [3.8, 4) is 0 Å². The summed E-state index contributed by atoms with van der Waals surface area (Å²) in [6.45, 7) is 2.84. The van der Waals surface area contributed by atoms with Gasteiger partial charge in [-0.15, -0.1) is 0 Å². The highest BCUT2D eigenvalue weighted by Crippen LogP contribution is 2.00. The van der Waals surface area contributed by atoms with Crippen LogP contribution < -0.4 is 5.43 Å². The maximum atomic E-state index is 3.92. The maximum absolute atomic E-state index is 3.92. The third-order valence-corrected chi connectivity index (χ3v) is 1.52. The molecule has 0 fully saturated rings. The normalized spacial score (nSPS) is 10.9. The Morgan fingerprint density at radius 1 is 1.64 bits per heavy atom. The first-order chi connectivity index (χ1) is 5.20. The Hall–Kier alpha value is -0.870. The minimum Gasteiger partial charge on any atom is -0.283 e. The standard InChI is InChI=1S/C7H14N4/c1-6-7(4-8-10-6)5-9-11(2)3/h4,9H,5H2,1-3H3,(H,8,10). The summed E-state index contributed by atoms with van der Waals surface area (Å²) in [6, 6.07) is 0. The predicted molar refractivity (Wildman–Crippen MR) is 43.9 cm³/mol. The zero-order chi connectivity index (χ0) is 8.27. The third-order valence-electron chi connectivity index (χ3n) is 1.52. The first-order valence-electron chi connectivity index (χ1n) is 3.60. The summed E-state index contributed by atoms with van der Waals surface area (Å²) in [5.41, 5.74) is 5.49. The molecule has 0 spiro atoms. The third kappa shape index (κ3) is 2.32. The highest BCUT2D eigenvalue weighted by molar-refractivity contribution is 5.13. The average molecular weight is 154 g/mol. The Balaban J connectivity index is 2.44. The lowest BCUT2D eigenvalue weighted by Crippen LogP contribution is -2.29. The Kier molecular flexibility index (Phi) is 2.62. The van der Waals surface area contributed by atoms with Gasteiger partial charge < -0.3 is 0 Å². The van der Waals surface area contributed by atoms with Crippen LogP contribution in [0.2, 0.25) is 0 Å². The zero-order valence-corrected chi connectivity index (χ0v) is 7.18. The van der Waals surface area contributed by atoms with Crippen LogP contribution in [0.25, 0.3) is 0 Å². The van der Waals surface area contributed by atoms with E-state index in [4.69, 9.17) is 0 Å². The van der Waals surface area contributed by atoms with E-state index in [1.165, 1.54) is 5.56 Å². The molecule has 0 aromatic carbocycles. The van der Waals surface area contributed by atoms with E-state index in [1.807, 2.05) is 32.2 Å². The molecule has 2 N–H and O–H groups in total. The maximum Gasteiger partial charge on any atom is 0.0535 e. The van der Waals surface area contributed by atoms with E-state index in [9.17, 15) is 0 Å². The van der Waals surface area contributed by atoms with E-state index in [-0.39, 0.29) is 0 Å². The van der Waals surface area contributed by atoms with Crippen LogP contribution in [-0.2, 0) is 6.54 Å². The topological polar surface area (TPSA) is 44.0 Å². The number of aromatic amines is 1. The van der Waals surface area contributed by atoms with Crippen molar-refractivity contribution >= 4 is 0 Å². The van der Waals surface area contributed by atoms with Crippen molar-refractivity contribution in [1.82, 2.24) is 20.6 Å². The van der Waals surface area contributed by atoms with Gasteiger partial charge in [0.2, 0.25) is 0 Å². The summed E-state index contributed by atoms with van der Waals surface area (Å²) in [7, 11) is 3.94. The minimum absolute atomic E-state index is 0.829. The lowest BCUT2D eigenvalue weighted by atomic mass is 10.3. The van der Waals surface area contributed by atoms with Gasteiger partial charge in [0.25, 0.3) is 0 Å². The number of nitrogens with zero attached hydrogens (tertiary/aromatic N) is 2. The molecule has 0 saturated carbocycles. The highest BCUT2D eigenvalue weighted by atomic mass is 15.5. The summed E-state index contributed by atoms with van der Waals surface area (Å²) in [4.78, 5) is 0. The molecule has 1 aromatic rings. The molecule has 62 valence electrons. The van der Waals surface area contributed by atoms with Gasteiger partial charge in [-0.25, -0.2) is 0 Å². The molecule has 0 aliphatic rings. The lowest BCUT2D eigenvalue weighted by Gasteiger charge is -2.10. The van der Waals surface area contributed by atoms with Gasteiger partial charge in [-0.3, -0.25) is 15.5 Å². The molecule has 1 rings (SSSR count). The number of nitrogens with one attached hydrogen (secondary N) is 2. The number of hydrogen-bond acceptors (Lipinski definition) is 3. The molecule has 0 saturated heterocycles. The van der Waals surface area contributed by atoms with Gasteiger partial charge in [-0.05, 0) is 6.92 Å². The van der Waals surface area contributed by atoms with Crippen LogP contribution in [0.4, 0.5) is 0 Å². The molecule has 4 nitrogen and oxygen atoms in total. The first-order valence-corrected chi connectivity index (χ1v) is 3.60. The van der Waals surface area contributed by atoms with E-state index >= 15 is 0 Å². The van der Waals surface area contributed by atoms with E-state index in [2.05, 4.69) is 15.6 Å². The van der Waals surface area contributed by atoms with Gasteiger partial charge in [0.05, 0.1) is 6.20 Å². The van der Waals surface area contributed by atoms with Crippen LogP contribution >= 0.6 is 0 Å². The molecular weight excluding hydrogens is 140 g/mol. The van der Waals surface area contributed by atoms with Crippen molar-refractivity contribution in [2.24, 2.45) is 0 Å². The molecule has 1 heterocycles. The first kappa shape index (κ1) is 8.23. The Morgan fingerprint density at radius 2 is 2.36 bits per heavy atom. The molecule has 0 atom stereocenters. The minimum atomic E-state index is 0.829. The molecule has 11 heavy (non-hydrogen) atoms. The number of rotatable bonds is 3. The predicted octanol–water partition coefficient (Wildman–Crippen LogP) is 0.284. The molecule has 1 aromatic heterocycles. The Morgan fingerprint density at radius 3 is 2.82 bits per heavy atom. The quantitative estimate of drug-likeness (QED) is 0.615. The Bertz CT molecular complexity index is 216. The van der Waals surface area contributed by atoms with Crippen LogP contribution in [0.1, 0.15) is 11.3 Å². The van der Waals surface area contributed by atoms with Gasteiger partial charge in [-0.1, -0.05) is 0 Å². The molecule has 4 heteroatoms. The van der Waals surface area contributed by atoms with Crippen LogP contribution in [-0.4, -0.2) is 29.3 Å². The average Bonchev–Trinajstić information content (AvgIpc) is 2.31. The van der Waals surface area contributed by atoms with Crippen LogP contribution in [0.3, 0.4) is 0 Å². The fourth-order valence-corrected chi connectivity index (χ4v) is 0.797. The van der Waals surface area contributed by atoms with Gasteiger partial charge in [0.15, 0.2) is 0 Å². The number of aromatic nitrogens is 2. The zero-order valence-electron chi connectivity index (χ0n) is 7.18. The second-order valence-corrected chi connectivity index (χ2v) is 2.75. The Labute approximate surface area is 66.6 Å². The van der Waals surface area contributed by atoms with Crippen LogP contribution in [0.15, 0.2) is 6.20 Å². The lowest BCUT2D eigenvalue weighted by molar-refractivity contribution is 0.285. The fraction of sp³-hybridized carbons (Fsp3) is 0.571. The summed E-state index contributed by atoms with van der Waals surface area (Å²) in [5, 5.41) is 8.72. The molecule has 0 aliphatic heterocycles. The van der Waals surface area contributed by atoms with Gasteiger partial charge in [-0.2, -0.15) is 5.10 Å². The summed E-state index contributed by atoms with van der Waals surface area (Å²) in [6.07, 6.45) is 1.84. The summed E-state index contributed by atoms with van der Waals surface area (Å²) in [5.74, 6) is 0. The van der Waals surface area contributed by atoms with E-state index in [1.54, 1.807) is 0 Å². The van der Waals surface area contributed by atoms with Crippen LogP contribution in [0, 0.1) is 6.92 Å². The molecule has 0 aliphatic carbocycles. The van der Waals surface area contributed by atoms with Crippen molar-refractivity contribution in [2.45, 2.75) is 13.5 Å². The number of aryl methyl sites for hydroxylation is 1. The van der Waals surface area contributed by atoms with Crippen molar-refractivity contribution < 1.29 is 0 Å². The van der Waals surface area contributed by atoms with E-state index in [0.29, 0.717) is 0 Å². The van der Waals surface area contributed by atoms with E-state index < -0.39 is 0 Å². The molecular formula is C7H14N4. The monoisotopic (exact) mass is 154 g/mol. The van der Waals surface area contributed by atoms with Crippen LogP contribution in [0.5, 0.6) is 0 Å². The largest absolute Gasteiger partial charge is 0.283 e. The molecule has 0 radical (unpaired) electrons. The molecule has 0 amide bonds. The smallest absolute Gasteiger partial charge is 0.0535 e. The SMILES string of the molecule is Cc1[nH]ncc1CNN(C)C. The van der Waals surface area contributed by atoms with Crippen molar-refractivity contribution in [3.63, 3.8) is 0 Å². The second-order valence-electron chi connectivity index (χ2n) is 2.75. The molecule has 0 unspecified atom stereocenters. The highest BCUT2D eigenvalue weighted by Gasteiger charge is 1.98. The van der Waals surface area contributed by atoms with Crippen molar-refractivity contribution in [1.29, 1.82) is 0 Å². The number of hydrogen-bond donors (Lipinski definition) is 2. The fourth-order valence-electron chi connectivity index (χ4n) is 0.797. The summed E-state index contributed by atoms with van der Waals surface area (Å²) >= 11 is 0. The molecule has 0 bridgehead atoms. The number of hydrazine groups is 1. The van der Waals surface area contributed by atoms with Gasteiger partial charge >= 0.3 is 0 Å². The van der Waals surface area contributed by atoms with Gasteiger partial charge in [0.1, 0.15) is 0 Å². The van der Waals surface area contributed by atoms with Crippen molar-refractivity contribution in [3.05, 3.63) is 17.5 Å². The summed E-state index contributed by atoms with van der Waals surface area (Å²) < 4.78 is 0. The van der Waals surface area contributed by atoms with Crippen molar-refractivity contribution in [2.75, 3.05) is 14.1 Å².